The van der Waals surface area contributed by atoms with Gasteiger partial charge in [-0.1, -0.05) is 25.5 Å². The molecule has 2 fully saturated rings. The highest BCUT2D eigenvalue weighted by Crippen LogP contribution is 2.33. The summed E-state index contributed by atoms with van der Waals surface area (Å²) in [4.78, 5) is 29.6. The molecule has 4 rings (SSSR count). The van der Waals surface area contributed by atoms with Crippen LogP contribution in [0.4, 0.5) is 5.69 Å². The molecule has 2 aromatic carbocycles. The summed E-state index contributed by atoms with van der Waals surface area (Å²) in [5.74, 6) is 1.30. The zero-order valence-electron chi connectivity index (χ0n) is 20.8. The minimum absolute atomic E-state index is 0.0144. The normalized spacial score (nSPS) is 18.2. The Kier molecular flexibility index (Phi) is 7.85. The minimum atomic E-state index is -3.32. The van der Waals surface area contributed by atoms with Gasteiger partial charge in [-0.3, -0.25) is 19.2 Å². The van der Waals surface area contributed by atoms with Crippen molar-refractivity contribution >= 4 is 27.5 Å². The molecule has 0 saturated carbocycles. The highest BCUT2D eigenvalue weighted by Gasteiger charge is 2.50. The summed E-state index contributed by atoms with van der Waals surface area (Å²) in [7, 11) is -3.32. The van der Waals surface area contributed by atoms with Crippen molar-refractivity contribution in [3.8, 4) is 11.5 Å². The Morgan fingerprint density at radius 3 is 2.19 bits per heavy atom. The molecule has 2 saturated heterocycles. The molecule has 36 heavy (non-hydrogen) atoms. The number of carbonyl (C=O) groups is 2. The van der Waals surface area contributed by atoms with Gasteiger partial charge in [0, 0.05) is 31.9 Å². The van der Waals surface area contributed by atoms with E-state index in [-0.39, 0.29) is 18.4 Å². The second kappa shape index (κ2) is 10.9. The molecule has 9 nitrogen and oxygen atoms in total. The maximum Gasteiger partial charge on any atom is 0.246 e. The number of unbranched alkanes of at least 4 members (excludes halogenated alkanes) is 1. The van der Waals surface area contributed by atoms with E-state index in [0.717, 1.165) is 44.3 Å². The monoisotopic (exact) mass is 514 g/mol. The first kappa shape index (κ1) is 26.0. The lowest BCUT2D eigenvalue weighted by Crippen LogP contribution is -2.70. The van der Waals surface area contributed by atoms with E-state index < -0.39 is 15.6 Å². The highest BCUT2D eigenvalue weighted by atomic mass is 32.2. The van der Waals surface area contributed by atoms with E-state index in [1.165, 1.54) is 0 Å². The first-order valence-corrected chi connectivity index (χ1v) is 14.2. The topological polar surface area (TPSA) is 108 Å². The molecule has 2 aliphatic heterocycles. The van der Waals surface area contributed by atoms with Crippen LogP contribution in [0.2, 0.25) is 0 Å². The van der Waals surface area contributed by atoms with E-state index in [4.69, 9.17) is 4.74 Å². The van der Waals surface area contributed by atoms with Gasteiger partial charge < -0.3 is 15.0 Å². The van der Waals surface area contributed by atoms with Gasteiger partial charge in [0.05, 0.1) is 12.8 Å². The van der Waals surface area contributed by atoms with E-state index in [1.807, 2.05) is 29.2 Å². The average molecular weight is 515 g/mol. The van der Waals surface area contributed by atoms with Crippen LogP contribution in [0.25, 0.3) is 0 Å². The Balaban J connectivity index is 1.32. The van der Waals surface area contributed by atoms with Gasteiger partial charge in [-0.25, -0.2) is 8.42 Å². The molecule has 1 spiro atoms. The molecule has 194 valence electrons. The number of nitrogens with one attached hydrogen (secondary N) is 2. The second-order valence-electron chi connectivity index (χ2n) is 9.53. The molecule has 0 atom stereocenters. The predicted molar refractivity (Wildman–Crippen MR) is 138 cm³/mol. The van der Waals surface area contributed by atoms with Crippen LogP contribution in [0.3, 0.4) is 0 Å². The van der Waals surface area contributed by atoms with Crippen LogP contribution in [0, 0.1) is 0 Å². The third-order valence-corrected chi connectivity index (χ3v) is 7.39. The smallest absolute Gasteiger partial charge is 0.246 e. The number of hydrogen-bond acceptors (Lipinski definition) is 6. The minimum Gasteiger partial charge on any atom is -0.457 e. The Morgan fingerprint density at radius 2 is 1.61 bits per heavy atom. The number of amides is 2. The van der Waals surface area contributed by atoms with E-state index in [0.29, 0.717) is 36.6 Å². The van der Waals surface area contributed by atoms with Crippen molar-refractivity contribution in [1.29, 1.82) is 0 Å². The van der Waals surface area contributed by atoms with Gasteiger partial charge in [0.15, 0.2) is 0 Å². The van der Waals surface area contributed by atoms with E-state index in [2.05, 4.69) is 21.9 Å². The number of likely N-dealkylation sites (tertiary alicyclic amines) is 1. The van der Waals surface area contributed by atoms with E-state index in [1.54, 1.807) is 24.3 Å². The summed E-state index contributed by atoms with van der Waals surface area (Å²) >= 11 is 0. The Bertz CT molecular complexity index is 1170. The molecule has 0 aliphatic carbocycles. The van der Waals surface area contributed by atoms with Gasteiger partial charge in [0.2, 0.25) is 21.8 Å². The van der Waals surface area contributed by atoms with Crippen molar-refractivity contribution < 1.29 is 22.7 Å². The Labute approximate surface area is 212 Å². The molecule has 10 heteroatoms. The van der Waals surface area contributed by atoms with Crippen LogP contribution >= 0.6 is 0 Å². The standard InChI is InChI=1S/C26H34N4O5S/c1-3-4-15-30-24(31)18-27-25(32)26(30)13-16-29(17-14-26)19-20-5-9-22(10-6-20)35-23-11-7-21(8-12-23)28-36(2,33)34/h5-12,28H,3-4,13-19H2,1-2H3,(H,27,32). The highest BCUT2D eigenvalue weighted by molar-refractivity contribution is 7.92. The largest absolute Gasteiger partial charge is 0.457 e. The summed E-state index contributed by atoms with van der Waals surface area (Å²) in [6.07, 6.45) is 4.27. The van der Waals surface area contributed by atoms with Crippen LogP contribution in [-0.4, -0.2) is 68.0 Å². The van der Waals surface area contributed by atoms with E-state index >= 15 is 0 Å². The van der Waals surface area contributed by atoms with Gasteiger partial charge in [0.25, 0.3) is 0 Å². The van der Waals surface area contributed by atoms with Gasteiger partial charge in [0.1, 0.15) is 17.0 Å². The van der Waals surface area contributed by atoms with Crippen molar-refractivity contribution in [2.45, 2.75) is 44.7 Å². The van der Waals surface area contributed by atoms with Crippen LogP contribution < -0.4 is 14.8 Å². The first-order chi connectivity index (χ1) is 17.2. The fourth-order valence-electron chi connectivity index (χ4n) is 4.87. The predicted octanol–water partition coefficient (Wildman–Crippen LogP) is 2.94. The number of sulfonamides is 1. The summed E-state index contributed by atoms with van der Waals surface area (Å²) in [5, 5.41) is 2.81. The Hall–Kier alpha value is -3.11. The molecule has 2 amide bonds. The maximum atomic E-state index is 12.9. The molecule has 2 aromatic rings. The Morgan fingerprint density at radius 1 is 1.00 bits per heavy atom. The van der Waals surface area contributed by atoms with E-state index in [9.17, 15) is 18.0 Å². The number of nitrogens with zero attached hydrogens (tertiary/aromatic N) is 2. The molecule has 2 heterocycles. The van der Waals surface area contributed by atoms with Gasteiger partial charge in [-0.2, -0.15) is 0 Å². The first-order valence-electron chi connectivity index (χ1n) is 12.3. The number of rotatable bonds is 9. The van der Waals surface area contributed by atoms with Crippen LogP contribution in [-0.2, 0) is 26.2 Å². The lowest BCUT2D eigenvalue weighted by Gasteiger charge is -2.50. The second-order valence-corrected chi connectivity index (χ2v) is 11.3. The third kappa shape index (κ3) is 6.17. The summed E-state index contributed by atoms with van der Waals surface area (Å²) < 4.78 is 31.0. The number of carbonyl (C=O) groups excluding carboxylic acids is 2. The summed E-state index contributed by atoms with van der Waals surface area (Å²) in [6, 6.07) is 14.6. The number of benzene rings is 2. The average Bonchev–Trinajstić information content (AvgIpc) is 2.84. The summed E-state index contributed by atoms with van der Waals surface area (Å²) in [5.41, 5.74) is 0.899. The third-order valence-electron chi connectivity index (χ3n) is 6.78. The number of piperazine rings is 1. The molecule has 0 aromatic heterocycles. The van der Waals surface area contributed by atoms with Gasteiger partial charge >= 0.3 is 0 Å². The number of hydrogen-bond donors (Lipinski definition) is 2. The lowest BCUT2D eigenvalue weighted by molar-refractivity contribution is -0.157. The zero-order chi connectivity index (χ0) is 25.8. The molecular formula is C26H34N4O5S. The van der Waals surface area contributed by atoms with Crippen molar-refractivity contribution in [2.75, 3.05) is 37.2 Å². The molecule has 0 unspecified atom stereocenters. The maximum absolute atomic E-state index is 12.9. The zero-order valence-corrected chi connectivity index (χ0v) is 21.6. The van der Waals surface area contributed by atoms with Crippen molar-refractivity contribution in [2.24, 2.45) is 0 Å². The fraction of sp³-hybridized carbons (Fsp3) is 0.462. The number of piperidine rings is 1. The molecule has 0 radical (unpaired) electrons. The molecule has 2 aliphatic rings. The quantitative estimate of drug-likeness (QED) is 0.533. The molecule has 2 N–H and O–H groups in total. The van der Waals surface area contributed by atoms with Crippen molar-refractivity contribution in [1.82, 2.24) is 15.1 Å². The number of anilines is 1. The molecule has 0 bridgehead atoms. The van der Waals surface area contributed by atoms with Crippen LogP contribution in [0.15, 0.2) is 48.5 Å². The van der Waals surface area contributed by atoms with Gasteiger partial charge in [-0.15, -0.1) is 0 Å². The molecular weight excluding hydrogens is 480 g/mol. The lowest BCUT2D eigenvalue weighted by atomic mass is 9.82. The SMILES string of the molecule is CCCCN1C(=O)CNC(=O)C12CCN(Cc1ccc(Oc3ccc(NS(C)(=O)=O)cc3)cc1)CC2. The fourth-order valence-corrected chi connectivity index (χ4v) is 5.44. The van der Waals surface area contributed by atoms with Crippen LogP contribution in [0.5, 0.6) is 11.5 Å². The van der Waals surface area contributed by atoms with Gasteiger partial charge in [-0.05, 0) is 61.2 Å². The van der Waals surface area contributed by atoms with Crippen molar-refractivity contribution in [3.63, 3.8) is 0 Å². The number of ether oxygens (including phenoxy) is 1. The summed E-state index contributed by atoms with van der Waals surface area (Å²) in [6.45, 7) is 5.08. The van der Waals surface area contributed by atoms with Crippen LogP contribution in [0.1, 0.15) is 38.2 Å². The van der Waals surface area contributed by atoms with Crippen molar-refractivity contribution in [3.05, 3.63) is 54.1 Å².